The van der Waals surface area contributed by atoms with Crippen LogP contribution < -0.4 is 10.6 Å². The van der Waals surface area contributed by atoms with Crippen molar-refractivity contribution in [3.8, 4) is 0 Å². The van der Waals surface area contributed by atoms with Crippen LogP contribution in [0.2, 0.25) is 0 Å². The summed E-state index contributed by atoms with van der Waals surface area (Å²) in [7, 11) is 0. The largest absolute Gasteiger partial charge is 0.481 e. The fraction of sp³-hybridized carbons (Fsp3) is 0.810. The number of H-pyrrole nitrogens is 1. The van der Waals surface area contributed by atoms with Gasteiger partial charge in [0.2, 0.25) is 11.8 Å². The molecule has 20 heteroatoms. The minimum atomic E-state index is -0.970. The predicted molar refractivity (Wildman–Crippen MR) is 319 cm³/mol. The SMILES string of the molecule is CCC(=O)NCCOCCOCC(=O)NCCOCCOCC(=O)CCCCC[C@H](CC(=O)CCc1cnc[nH]1)C(=O)O.CCC(CC(=O)C1CCC(CCC(=O)CCCCCCCCCCCCCCCCCCC(=O)O)CC1)C(=O)O.[HH]. The van der Waals surface area contributed by atoms with Gasteiger partial charge in [-0.2, -0.15) is 0 Å². The van der Waals surface area contributed by atoms with Gasteiger partial charge < -0.3 is 49.9 Å². The lowest BCUT2D eigenvalue weighted by molar-refractivity contribution is -0.144. The van der Waals surface area contributed by atoms with Gasteiger partial charge in [0.25, 0.3) is 0 Å². The minimum Gasteiger partial charge on any atom is -0.481 e. The minimum absolute atomic E-state index is 0. The van der Waals surface area contributed by atoms with Gasteiger partial charge in [0, 0.05) is 83.7 Å². The number of nitrogens with one attached hydrogen (secondary N) is 3. The fourth-order valence-corrected chi connectivity index (χ4v) is 9.99. The Morgan fingerprint density at radius 1 is 0.542 bits per heavy atom. The lowest BCUT2D eigenvalue weighted by Crippen LogP contribution is -2.31. The number of aromatic nitrogens is 2. The second-order valence-corrected chi connectivity index (χ2v) is 22.3. The van der Waals surface area contributed by atoms with Crippen LogP contribution in [0.4, 0.5) is 0 Å². The quantitative estimate of drug-likeness (QED) is 0.0330. The van der Waals surface area contributed by atoms with Gasteiger partial charge in [-0.1, -0.05) is 117 Å². The Kier molecular flexibility index (Phi) is 48.2. The molecule has 0 saturated heterocycles. The lowest BCUT2D eigenvalue weighted by Gasteiger charge is -2.28. The monoisotopic (exact) mass is 1180 g/mol. The number of amides is 2. The van der Waals surface area contributed by atoms with Gasteiger partial charge in [0.15, 0.2) is 5.78 Å². The predicted octanol–water partition coefficient (Wildman–Crippen LogP) is 10.8. The topological polar surface area (TPSA) is 304 Å². The van der Waals surface area contributed by atoms with E-state index in [1.807, 2.05) is 6.92 Å². The van der Waals surface area contributed by atoms with Crippen LogP contribution in [-0.4, -0.2) is 144 Å². The Balaban J connectivity index is 0.00000163. The molecule has 0 bridgehead atoms. The zero-order valence-electron chi connectivity index (χ0n) is 50.9. The van der Waals surface area contributed by atoms with E-state index in [1.165, 1.54) is 77.0 Å². The van der Waals surface area contributed by atoms with E-state index in [0.717, 1.165) is 63.5 Å². The molecule has 1 aliphatic rings. The van der Waals surface area contributed by atoms with E-state index in [0.29, 0.717) is 115 Å². The van der Waals surface area contributed by atoms with Gasteiger partial charge in [0.1, 0.15) is 30.6 Å². The van der Waals surface area contributed by atoms with E-state index in [9.17, 15) is 53.4 Å². The number of nitrogens with zero attached hydrogens (tertiary/aromatic N) is 1. The Hall–Kier alpha value is -4.92. The van der Waals surface area contributed by atoms with Crippen LogP contribution in [0.5, 0.6) is 0 Å². The van der Waals surface area contributed by atoms with Crippen molar-refractivity contribution in [2.45, 2.75) is 239 Å². The second-order valence-electron chi connectivity index (χ2n) is 22.3. The van der Waals surface area contributed by atoms with Gasteiger partial charge >= 0.3 is 17.9 Å². The summed E-state index contributed by atoms with van der Waals surface area (Å²) < 4.78 is 21.2. The molecular weight excluding hydrogens is 1070 g/mol. The summed E-state index contributed by atoms with van der Waals surface area (Å²) in [5.74, 6) is -3.12. The highest BCUT2D eigenvalue weighted by atomic mass is 16.5. The van der Waals surface area contributed by atoms with Gasteiger partial charge in [-0.15, -0.1) is 0 Å². The van der Waals surface area contributed by atoms with Crippen LogP contribution in [-0.2, 0) is 68.5 Å². The van der Waals surface area contributed by atoms with E-state index in [4.69, 9.17) is 24.1 Å². The number of ether oxygens (including phenoxy) is 4. The Morgan fingerprint density at radius 2 is 1.04 bits per heavy atom. The normalized spacial score (nSPS) is 14.7. The number of carboxylic acids is 3. The van der Waals surface area contributed by atoms with Crippen molar-refractivity contribution in [3.05, 3.63) is 18.2 Å². The van der Waals surface area contributed by atoms with E-state index >= 15 is 0 Å². The average Bonchev–Trinajstić information content (AvgIpc) is 4.13. The number of Topliss-reactive ketones (excluding diaryl/α,β-unsaturated/α-hetero) is 4. The summed E-state index contributed by atoms with van der Waals surface area (Å²) in [6.07, 6.45) is 33.7. The number of imidazole rings is 1. The molecule has 1 fully saturated rings. The van der Waals surface area contributed by atoms with Crippen LogP contribution in [0.3, 0.4) is 0 Å². The second kappa shape index (κ2) is 52.6. The molecule has 6 N–H and O–H groups in total. The third-order valence-electron chi connectivity index (χ3n) is 15.3. The summed E-state index contributed by atoms with van der Waals surface area (Å²) in [5.41, 5.74) is 0.844. The first-order valence-corrected chi connectivity index (χ1v) is 31.7. The Bertz CT molecular complexity index is 1900. The molecule has 1 aromatic rings. The number of aliphatic carboxylic acids is 3. The molecule has 0 radical (unpaired) electrons. The van der Waals surface area contributed by atoms with E-state index in [-0.39, 0.29) is 88.8 Å². The van der Waals surface area contributed by atoms with Crippen molar-refractivity contribution >= 4 is 52.9 Å². The molecule has 1 aliphatic carbocycles. The molecule has 2 atom stereocenters. The first-order valence-electron chi connectivity index (χ1n) is 31.7. The molecule has 0 aromatic carbocycles. The Labute approximate surface area is 497 Å². The maximum atomic E-state index is 12.5. The smallest absolute Gasteiger partial charge is 0.306 e. The summed E-state index contributed by atoms with van der Waals surface area (Å²) >= 11 is 0. The van der Waals surface area contributed by atoms with Crippen LogP contribution in [0.1, 0.15) is 239 Å². The molecule has 1 aromatic heterocycles. The van der Waals surface area contributed by atoms with Gasteiger partial charge in [0.05, 0.1) is 57.8 Å². The van der Waals surface area contributed by atoms with E-state index < -0.39 is 29.7 Å². The maximum Gasteiger partial charge on any atom is 0.306 e. The summed E-state index contributed by atoms with van der Waals surface area (Å²) in [6, 6.07) is 0. The third kappa shape index (κ3) is 46.1. The number of rotatable bonds is 56. The number of aromatic amines is 1. The summed E-state index contributed by atoms with van der Waals surface area (Å²) in [6.45, 7) is 6.05. The number of carbonyl (C=O) groups excluding carboxylic acids is 6. The third-order valence-corrected chi connectivity index (χ3v) is 15.3. The molecular formula is C63H110N4O16. The van der Waals surface area contributed by atoms with Gasteiger partial charge in [-0.05, 0) is 76.5 Å². The standard InChI is InChI=1S/C34H60O6.C29H48N4O10.H2/c1-2-29(34(39)40)27-32(36)30-24-21-28(22-25-30)23-26-31(35)19-17-15-13-11-9-7-5-3-4-6-8-10-12-14-16-18-20-33(37)38;1-2-27(36)31-10-12-40-15-17-43-21-28(37)32-11-13-41-14-16-42-20-26(35)7-5-3-4-6-23(29(38)39)18-25(34)9-8-24-19-30-22-33-24;/h28-30H,2-27H2,1H3,(H,37,38)(H,39,40);19,22-23H,2-18,20-21H2,1H3,(H,30,33)(H,31,36)(H,32,37)(H,38,39);1H/t;23-;/m.1./s1. The molecule has 0 spiro atoms. The highest BCUT2D eigenvalue weighted by Gasteiger charge is 2.29. The maximum absolute atomic E-state index is 12.5. The number of carboxylic acid groups (broad SMARTS) is 3. The number of carbonyl (C=O) groups is 9. The van der Waals surface area contributed by atoms with Gasteiger partial charge in [-0.25, -0.2) is 4.98 Å². The average molecular weight is 1180 g/mol. The highest BCUT2D eigenvalue weighted by molar-refractivity contribution is 5.86. The van der Waals surface area contributed by atoms with Crippen molar-refractivity contribution in [1.29, 1.82) is 0 Å². The van der Waals surface area contributed by atoms with Crippen molar-refractivity contribution < 1.29 is 78.8 Å². The van der Waals surface area contributed by atoms with Crippen LogP contribution >= 0.6 is 0 Å². The van der Waals surface area contributed by atoms with Crippen LogP contribution in [0, 0.1) is 23.7 Å². The molecule has 1 unspecified atom stereocenters. The van der Waals surface area contributed by atoms with Gasteiger partial charge in [-0.3, -0.25) is 43.2 Å². The zero-order chi connectivity index (χ0) is 61.0. The van der Waals surface area contributed by atoms with Crippen molar-refractivity contribution in [2.24, 2.45) is 23.7 Å². The number of aryl methyl sites for hydroxylation is 1. The van der Waals surface area contributed by atoms with E-state index in [2.05, 4.69) is 20.6 Å². The number of hydrogen-bond donors (Lipinski definition) is 6. The summed E-state index contributed by atoms with van der Waals surface area (Å²) in [4.78, 5) is 112. The molecule has 83 heavy (non-hydrogen) atoms. The first-order chi connectivity index (χ1) is 40.1. The highest BCUT2D eigenvalue weighted by Crippen LogP contribution is 2.34. The Morgan fingerprint density at radius 3 is 1.54 bits per heavy atom. The van der Waals surface area contributed by atoms with Crippen molar-refractivity contribution in [1.82, 2.24) is 20.6 Å². The number of hydrogen-bond acceptors (Lipinski definition) is 14. The van der Waals surface area contributed by atoms with Crippen molar-refractivity contribution in [2.75, 3.05) is 65.9 Å². The fourth-order valence-electron chi connectivity index (χ4n) is 9.99. The zero-order valence-corrected chi connectivity index (χ0v) is 50.9. The van der Waals surface area contributed by atoms with Crippen LogP contribution in [0.15, 0.2) is 12.5 Å². The number of unbranched alkanes of at least 4 members (excludes halogenated alkanes) is 17. The van der Waals surface area contributed by atoms with Crippen LogP contribution in [0.25, 0.3) is 0 Å². The summed E-state index contributed by atoms with van der Waals surface area (Å²) in [5, 5.41) is 32.6. The molecule has 478 valence electrons. The van der Waals surface area contributed by atoms with Crippen molar-refractivity contribution in [3.63, 3.8) is 0 Å². The lowest BCUT2D eigenvalue weighted by atomic mass is 9.76. The molecule has 0 aliphatic heterocycles. The molecule has 1 saturated carbocycles. The molecule has 20 nitrogen and oxygen atoms in total. The molecule has 2 amide bonds. The number of ketones is 4. The molecule has 2 rings (SSSR count). The molecule has 1 heterocycles. The first kappa shape index (κ1) is 76.1. The van der Waals surface area contributed by atoms with E-state index in [1.54, 1.807) is 19.4 Å².